The lowest BCUT2D eigenvalue weighted by molar-refractivity contribution is -0.130. The standard InChI is InChI=1S/C23H22Cl2N2O3S/c1-26(15-18-8-4-2-5-9-18)23(28)17-27(16-19-12-13-20(24)14-22(19)25)31(29,30)21-10-6-3-7-11-21/h2-14H,15-17H2,1H3. The van der Waals surface area contributed by atoms with E-state index >= 15 is 0 Å². The molecule has 0 fully saturated rings. The molecule has 8 heteroatoms. The summed E-state index contributed by atoms with van der Waals surface area (Å²) in [7, 11) is -2.28. The number of carbonyl (C=O) groups is 1. The van der Waals surface area contributed by atoms with Crippen LogP contribution in [0.1, 0.15) is 11.1 Å². The zero-order valence-electron chi connectivity index (χ0n) is 16.9. The van der Waals surface area contributed by atoms with Gasteiger partial charge in [-0.25, -0.2) is 8.42 Å². The number of nitrogens with zero attached hydrogens (tertiary/aromatic N) is 2. The number of sulfonamides is 1. The van der Waals surface area contributed by atoms with Crippen LogP contribution in [0, 0.1) is 0 Å². The topological polar surface area (TPSA) is 57.7 Å². The lowest BCUT2D eigenvalue weighted by Gasteiger charge is -2.25. The van der Waals surface area contributed by atoms with Crippen LogP contribution in [-0.4, -0.2) is 37.1 Å². The number of amides is 1. The van der Waals surface area contributed by atoms with Crippen LogP contribution >= 0.6 is 23.2 Å². The first-order chi connectivity index (χ1) is 14.8. The normalized spacial score (nSPS) is 11.5. The molecule has 5 nitrogen and oxygen atoms in total. The minimum atomic E-state index is -3.93. The summed E-state index contributed by atoms with van der Waals surface area (Å²) < 4.78 is 27.8. The van der Waals surface area contributed by atoms with E-state index < -0.39 is 10.0 Å². The third-order valence-electron chi connectivity index (χ3n) is 4.74. The quantitative estimate of drug-likeness (QED) is 0.467. The van der Waals surface area contributed by atoms with Gasteiger partial charge in [0.15, 0.2) is 0 Å². The van der Waals surface area contributed by atoms with E-state index in [-0.39, 0.29) is 23.9 Å². The van der Waals surface area contributed by atoms with Crippen LogP contribution in [0.25, 0.3) is 0 Å². The Hall–Kier alpha value is -2.38. The van der Waals surface area contributed by atoms with Gasteiger partial charge in [0, 0.05) is 30.2 Å². The van der Waals surface area contributed by atoms with Crippen molar-refractivity contribution in [2.24, 2.45) is 0 Å². The Balaban J connectivity index is 1.87. The van der Waals surface area contributed by atoms with Crippen molar-refractivity contribution in [3.63, 3.8) is 0 Å². The van der Waals surface area contributed by atoms with Crippen LogP contribution in [0.3, 0.4) is 0 Å². The Labute approximate surface area is 192 Å². The Morgan fingerprint density at radius 3 is 2.10 bits per heavy atom. The molecule has 0 aliphatic rings. The number of benzene rings is 3. The second-order valence-corrected chi connectivity index (χ2v) is 9.84. The molecule has 0 aliphatic heterocycles. The fourth-order valence-corrected chi connectivity index (χ4v) is 4.88. The van der Waals surface area contributed by atoms with Crippen molar-refractivity contribution in [3.05, 3.63) is 100 Å². The summed E-state index contributed by atoms with van der Waals surface area (Å²) in [6.07, 6.45) is 0. The number of rotatable bonds is 8. The van der Waals surface area contributed by atoms with Gasteiger partial charge in [-0.2, -0.15) is 4.31 Å². The molecule has 1 amide bonds. The molecule has 0 heterocycles. The van der Waals surface area contributed by atoms with E-state index in [1.54, 1.807) is 43.4 Å². The molecule has 0 N–H and O–H groups in total. The molecule has 0 saturated heterocycles. The highest BCUT2D eigenvalue weighted by molar-refractivity contribution is 7.89. The van der Waals surface area contributed by atoms with Crippen LogP contribution in [0.5, 0.6) is 0 Å². The van der Waals surface area contributed by atoms with E-state index in [0.717, 1.165) is 9.87 Å². The van der Waals surface area contributed by atoms with Crippen molar-refractivity contribution >= 4 is 39.1 Å². The summed E-state index contributed by atoms with van der Waals surface area (Å²) in [6, 6.07) is 22.4. The fourth-order valence-electron chi connectivity index (χ4n) is 3.02. The first-order valence-electron chi connectivity index (χ1n) is 9.54. The zero-order chi connectivity index (χ0) is 22.4. The van der Waals surface area contributed by atoms with Crippen molar-refractivity contribution in [2.75, 3.05) is 13.6 Å². The van der Waals surface area contributed by atoms with Gasteiger partial charge in [0.25, 0.3) is 0 Å². The van der Waals surface area contributed by atoms with Gasteiger partial charge in [0.05, 0.1) is 11.4 Å². The fraction of sp³-hybridized carbons (Fsp3) is 0.174. The Kier molecular flexibility index (Phi) is 7.73. The van der Waals surface area contributed by atoms with Gasteiger partial charge < -0.3 is 4.90 Å². The Morgan fingerprint density at radius 2 is 1.48 bits per heavy atom. The summed E-state index contributed by atoms with van der Waals surface area (Å²) in [5.74, 6) is -0.326. The number of carbonyl (C=O) groups excluding carboxylic acids is 1. The van der Waals surface area contributed by atoms with E-state index in [2.05, 4.69) is 0 Å². The summed E-state index contributed by atoms with van der Waals surface area (Å²) in [4.78, 5) is 14.5. The van der Waals surface area contributed by atoms with Crippen molar-refractivity contribution in [2.45, 2.75) is 18.0 Å². The van der Waals surface area contributed by atoms with E-state index in [9.17, 15) is 13.2 Å². The molecule has 3 aromatic carbocycles. The van der Waals surface area contributed by atoms with Crippen LogP contribution < -0.4 is 0 Å². The second-order valence-electron chi connectivity index (χ2n) is 7.06. The lowest BCUT2D eigenvalue weighted by Crippen LogP contribution is -2.41. The molecule has 0 radical (unpaired) electrons. The average molecular weight is 477 g/mol. The highest BCUT2D eigenvalue weighted by Gasteiger charge is 2.28. The zero-order valence-corrected chi connectivity index (χ0v) is 19.2. The highest BCUT2D eigenvalue weighted by atomic mass is 35.5. The minimum absolute atomic E-state index is 0.0574. The Bertz CT molecular complexity index is 1140. The largest absolute Gasteiger partial charge is 0.340 e. The first-order valence-corrected chi connectivity index (χ1v) is 11.7. The number of hydrogen-bond acceptors (Lipinski definition) is 3. The number of halogens is 2. The van der Waals surface area contributed by atoms with Gasteiger partial charge >= 0.3 is 0 Å². The second kappa shape index (κ2) is 10.3. The average Bonchev–Trinajstić information content (AvgIpc) is 2.76. The van der Waals surface area contributed by atoms with Crippen molar-refractivity contribution in [1.29, 1.82) is 0 Å². The summed E-state index contributed by atoms with van der Waals surface area (Å²) >= 11 is 12.2. The smallest absolute Gasteiger partial charge is 0.243 e. The maximum Gasteiger partial charge on any atom is 0.243 e. The Morgan fingerprint density at radius 1 is 0.871 bits per heavy atom. The molecular formula is C23H22Cl2N2O3S. The third-order valence-corrected chi connectivity index (χ3v) is 7.14. The first kappa shape index (κ1) is 23.3. The van der Waals surface area contributed by atoms with E-state index in [1.165, 1.54) is 17.0 Å². The summed E-state index contributed by atoms with van der Waals surface area (Å²) in [5.41, 5.74) is 1.51. The SMILES string of the molecule is CN(Cc1ccccc1)C(=O)CN(Cc1ccc(Cl)cc1Cl)S(=O)(=O)c1ccccc1. The summed E-state index contributed by atoms with van der Waals surface area (Å²) in [5, 5.41) is 0.788. The molecular weight excluding hydrogens is 455 g/mol. The molecule has 31 heavy (non-hydrogen) atoms. The lowest BCUT2D eigenvalue weighted by atomic mass is 10.2. The van der Waals surface area contributed by atoms with Gasteiger partial charge in [0.1, 0.15) is 0 Å². The van der Waals surface area contributed by atoms with Gasteiger partial charge in [-0.3, -0.25) is 4.79 Å². The molecule has 0 spiro atoms. The van der Waals surface area contributed by atoms with Crippen LogP contribution in [0.15, 0.2) is 83.8 Å². The molecule has 0 bridgehead atoms. The van der Waals surface area contributed by atoms with Crippen LogP contribution in [0.4, 0.5) is 0 Å². The molecule has 0 aromatic heterocycles. The molecule has 162 valence electrons. The van der Waals surface area contributed by atoms with Gasteiger partial charge in [-0.15, -0.1) is 0 Å². The van der Waals surface area contributed by atoms with Crippen molar-refractivity contribution < 1.29 is 13.2 Å². The summed E-state index contributed by atoms with van der Waals surface area (Å²) in [6.45, 7) is -0.00172. The van der Waals surface area contributed by atoms with Crippen molar-refractivity contribution in [3.8, 4) is 0 Å². The third kappa shape index (κ3) is 6.08. The maximum absolute atomic E-state index is 13.3. The minimum Gasteiger partial charge on any atom is -0.340 e. The molecule has 0 saturated carbocycles. The number of likely N-dealkylation sites (N-methyl/N-ethyl adjacent to an activating group) is 1. The molecule has 3 rings (SSSR count). The molecule has 0 atom stereocenters. The number of hydrogen-bond donors (Lipinski definition) is 0. The van der Waals surface area contributed by atoms with Crippen LogP contribution in [0.2, 0.25) is 10.0 Å². The van der Waals surface area contributed by atoms with Crippen molar-refractivity contribution in [1.82, 2.24) is 9.21 Å². The van der Waals surface area contributed by atoms with E-state index in [4.69, 9.17) is 23.2 Å². The molecule has 0 aliphatic carbocycles. The predicted molar refractivity (Wildman–Crippen MR) is 123 cm³/mol. The van der Waals surface area contributed by atoms with E-state index in [0.29, 0.717) is 22.2 Å². The predicted octanol–water partition coefficient (Wildman–Crippen LogP) is 4.84. The van der Waals surface area contributed by atoms with Gasteiger partial charge in [-0.1, -0.05) is 77.8 Å². The monoisotopic (exact) mass is 476 g/mol. The van der Waals surface area contributed by atoms with Crippen LogP contribution in [-0.2, 0) is 27.9 Å². The molecule has 0 unspecified atom stereocenters. The molecule has 3 aromatic rings. The van der Waals surface area contributed by atoms with Gasteiger partial charge in [0.2, 0.25) is 15.9 Å². The highest BCUT2D eigenvalue weighted by Crippen LogP contribution is 2.25. The maximum atomic E-state index is 13.3. The van der Waals surface area contributed by atoms with E-state index in [1.807, 2.05) is 30.3 Å². The van der Waals surface area contributed by atoms with Gasteiger partial charge in [-0.05, 0) is 35.4 Å².